The number of hydrogen-bond acceptors (Lipinski definition) is 7. The lowest BCUT2D eigenvalue weighted by Crippen LogP contribution is -2.24. The van der Waals surface area contributed by atoms with E-state index in [0.717, 1.165) is 10.4 Å². The minimum atomic E-state index is -0.527. The van der Waals surface area contributed by atoms with Crippen molar-refractivity contribution in [3.63, 3.8) is 0 Å². The first-order valence-electron chi connectivity index (χ1n) is 10.1. The zero-order valence-corrected chi connectivity index (χ0v) is 19.2. The summed E-state index contributed by atoms with van der Waals surface area (Å²) in [7, 11) is 0. The van der Waals surface area contributed by atoms with E-state index in [0.29, 0.717) is 34.6 Å². The average molecular weight is 449 g/mol. The number of benzene rings is 1. The molecular formula is C24H24N4O3S. The van der Waals surface area contributed by atoms with Gasteiger partial charge in [0.15, 0.2) is 0 Å². The summed E-state index contributed by atoms with van der Waals surface area (Å²) in [4.78, 5) is 30.0. The van der Waals surface area contributed by atoms with Gasteiger partial charge in [0.1, 0.15) is 5.60 Å². The van der Waals surface area contributed by atoms with Gasteiger partial charge < -0.3 is 10.1 Å². The second kappa shape index (κ2) is 9.71. The Hall–Kier alpha value is -3.57. The number of aromatic nitrogens is 2. The highest BCUT2D eigenvalue weighted by molar-refractivity contribution is 7.06. The molecule has 1 amide bonds. The molecule has 0 spiro atoms. The highest BCUT2D eigenvalue weighted by Gasteiger charge is 2.20. The maximum atomic E-state index is 13.0. The Balaban J connectivity index is 1.69. The van der Waals surface area contributed by atoms with Crippen molar-refractivity contribution < 1.29 is 14.3 Å². The Morgan fingerprint density at radius 3 is 2.56 bits per heavy atom. The standard InChI is InChI=1S/C24H24N4O3S/c1-15-22(20(32-28-15)13-19-11-17(14-25)9-10-26-19)23(30)27-18-7-5-16(6-8-18)12-21(29)31-24(2,3)4/h5-11H,12-13H2,1-4H3,(H,27,30). The number of aryl methyl sites for hydroxylation is 1. The lowest BCUT2D eigenvalue weighted by molar-refractivity contribution is -0.153. The molecule has 0 bridgehead atoms. The fourth-order valence-electron chi connectivity index (χ4n) is 3.08. The molecule has 0 aliphatic carbocycles. The van der Waals surface area contributed by atoms with Gasteiger partial charge in [-0.2, -0.15) is 9.64 Å². The number of nitrogens with zero attached hydrogens (tertiary/aromatic N) is 3. The molecular weight excluding hydrogens is 424 g/mol. The zero-order chi connectivity index (χ0) is 23.3. The maximum absolute atomic E-state index is 13.0. The fourth-order valence-corrected chi connectivity index (χ4v) is 3.96. The van der Waals surface area contributed by atoms with Crippen LogP contribution in [0.5, 0.6) is 0 Å². The molecule has 0 aliphatic heterocycles. The summed E-state index contributed by atoms with van der Waals surface area (Å²) in [5.41, 5.74) is 3.26. The maximum Gasteiger partial charge on any atom is 0.310 e. The number of rotatable bonds is 6. The SMILES string of the molecule is Cc1nsc(Cc2cc(C#N)ccn2)c1C(=O)Nc1ccc(CC(=O)OC(C)(C)C)cc1. The van der Waals surface area contributed by atoms with Crippen LogP contribution in [-0.4, -0.2) is 26.8 Å². The second-order valence-electron chi connectivity index (χ2n) is 8.30. The number of nitriles is 1. The van der Waals surface area contributed by atoms with E-state index in [1.165, 1.54) is 11.5 Å². The number of carbonyl (C=O) groups excluding carboxylic acids is 2. The molecule has 0 radical (unpaired) electrons. The number of nitrogens with one attached hydrogen (secondary N) is 1. The van der Waals surface area contributed by atoms with Crippen molar-refractivity contribution in [3.05, 3.63) is 75.6 Å². The average Bonchev–Trinajstić information content (AvgIpc) is 3.08. The Labute approximate surface area is 191 Å². The van der Waals surface area contributed by atoms with Crippen LogP contribution >= 0.6 is 11.5 Å². The highest BCUT2D eigenvalue weighted by atomic mass is 32.1. The molecule has 32 heavy (non-hydrogen) atoms. The summed E-state index contributed by atoms with van der Waals surface area (Å²) in [6, 6.07) is 12.5. The van der Waals surface area contributed by atoms with Crippen molar-refractivity contribution in [3.8, 4) is 6.07 Å². The van der Waals surface area contributed by atoms with Crippen molar-refractivity contribution in [2.75, 3.05) is 5.32 Å². The van der Waals surface area contributed by atoms with E-state index in [1.54, 1.807) is 49.5 Å². The first-order chi connectivity index (χ1) is 15.1. The van der Waals surface area contributed by atoms with E-state index >= 15 is 0 Å². The Morgan fingerprint density at radius 1 is 1.19 bits per heavy atom. The largest absolute Gasteiger partial charge is 0.460 e. The minimum absolute atomic E-state index is 0.165. The van der Waals surface area contributed by atoms with Crippen LogP contribution in [-0.2, 0) is 22.4 Å². The van der Waals surface area contributed by atoms with Crippen LogP contribution in [0, 0.1) is 18.3 Å². The van der Waals surface area contributed by atoms with E-state index in [9.17, 15) is 9.59 Å². The molecule has 164 valence electrons. The molecule has 0 saturated heterocycles. The summed E-state index contributed by atoms with van der Waals surface area (Å²) in [5.74, 6) is -0.560. The third kappa shape index (κ3) is 6.22. The summed E-state index contributed by atoms with van der Waals surface area (Å²) in [5, 5.41) is 12.0. The van der Waals surface area contributed by atoms with Crippen molar-refractivity contribution in [1.82, 2.24) is 9.36 Å². The van der Waals surface area contributed by atoms with E-state index in [4.69, 9.17) is 10.00 Å². The van der Waals surface area contributed by atoms with Crippen molar-refractivity contribution in [2.45, 2.75) is 46.1 Å². The van der Waals surface area contributed by atoms with E-state index < -0.39 is 5.60 Å². The molecule has 1 aromatic carbocycles. The van der Waals surface area contributed by atoms with Crippen molar-refractivity contribution >= 4 is 29.1 Å². The summed E-state index contributed by atoms with van der Waals surface area (Å²) >= 11 is 1.25. The Morgan fingerprint density at radius 2 is 1.91 bits per heavy atom. The van der Waals surface area contributed by atoms with E-state index in [2.05, 4.69) is 20.7 Å². The predicted octanol–water partition coefficient (Wildman–Crippen LogP) is 4.45. The normalized spacial score (nSPS) is 11.0. The lowest BCUT2D eigenvalue weighted by atomic mass is 10.1. The number of esters is 1. The quantitative estimate of drug-likeness (QED) is 0.559. The van der Waals surface area contributed by atoms with Crippen LogP contribution in [0.4, 0.5) is 5.69 Å². The smallest absolute Gasteiger partial charge is 0.310 e. The van der Waals surface area contributed by atoms with Crippen LogP contribution in [0.15, 0.2) is 42.6 Å². The van der Waals surface area contributed by atoms with Crippen molar-refractivity contribution in [1.29, 1.82) is 5.26 Å². The summed E-state index contributed by atoms with van der Waals surface area (Å²) < 4.78 is 9.67. The lowest BCUT2D eigenvalue weighted by Gasteiger charge is -2.19. The number of anilines is 1. The van der Waals surface area contributed by atoms with Crippen LogP contribution in [0.1, 0.15) is 58.5 Å². The van der Waals surface area contributed by atoms with Gasteiger partial charge in [0, 0.05) is 28.9 Å². The molecule has 3 aromatic rings. The zero-order valence-electron chi connectivity index (χ0n) is 18.4. The number of amides is 1. The van der Waals surface area contributed by atoms with Gasteiger partial charge in [-0.25, -0.2) is 0 Å². The third-order valence-corrected chi connectivity index (χ3v) is 5.36. The fraction of sp³-hybridized carbons (Fsp3) is 0.292. The Kier molecular flexibility index (Phi) is 7.01. The topological polar surface area (TPSA) is 105 Å². The molecule has 2 aromatic heterocycles. The Bertz CT molecular complexity index is 1170. The number of ether oxygens (including phenoxy) is 1. The van der Waals surface area contributed by atoms with Gasteiger partial charge >= 0.3 is 5.97 Å². The van der Waals surface area contributed by atoms with Gasteiger partial charge in [-0.3, -0.25) is 14.6 Å². The number of pyridine rings is 1. The minimum Gasteiger partial charge on any atom is -0.460 e. The number of carbonyl (C=O) groups is 2. The molecule has 0 fully saturated rings. The first kappa shape index (κ1) is 23.1. The highest BCUT2D eigenvalue weighted by Crippen LogP contribution is 2.23. The third-order valence-electron chi connectivity index (χ3n) is 4.43. The molecule has 2 heterocycles. The van der Waals surface area contributed by atoms with Crippen LogP contribution in [0.25, 0.3) is 0 Å². The molecule has 0 aliphatic rings. The molecule has 0 saturated carbocycles. The van der Waals surface area contributed by atoms with Crippen LogP contribution < -0.4 is 5.32 Å². The van der Waals surface area contributed by atoms with Gasteiger partial charge in [-0.15, -0.1) is 0 Å². The summed E-state index contributed by atoms with van der Waals surface area (Å²) in [6.45, 7) is 7.28. The monoisotopic (exact) mass is 448 g/mol. The molecule has 3 rings (SSSR count). The van der Waals surface area contributed by atoms with Gasteiger partial charge in [0.05, 0.1) is 29.3 Å². The molecule has 1 N–H and O–H groups in total. The van der Waals surface area contributed by atoms with E-state index in [1.807, 2.05) is 20.8 Å². The van der Waals surface area contributed by atoms with Crippen molar-refractivity contribution in [2.24, 2.45) is 0 Å². The molecule has 0 unspecified atom stereocenters. The van der Waals surface area contributed by atoms with E-state index in [-0.39, 0.29) is 18.3 Å². The summed E-state index contributed by atoms with van der Waals surface area (Å²) in [6.07, 6.45) is 2.16. The van der Waals surface area contributed by atoms with Gasteiger partial charge in [0.25, 0.3) is 5.91 Å². The first-order valence-corrected chi connectivity index (χ1v) is 10.8. The second-order valence-corrected chi connectivity index (χ2v) is 9.16. The molecule has 8 heteroatoms. The van der Waals surface area contributed by atoms with Gasteiger partial charge in [-0.1, -0.05) is 12.1 Å². The van der Waals surface area contributed by atoms with Crippen LogP contribution in [0.3, 0.4) is 0 Å². The molecule has 7 nitrogen and oxygen atoms in total. The molecule has 0 atom stereocenters. The predicted molar refractivity (Wildman–Crippen MR) is 123 cm³/mol. The van der Waals surface area contributed by atoms with Gasteiger partial charge in [-0.05, 0) is 69.1 Å². The van der Waals surface area contributed by atoms with Gasteiger partial charge in [0.2, 0.25) is 0 Å². The van der Waals surface area contributed by atoms with Crippen LogP contribution in [0.2, 0.25) is 0 Å². The number of hydrogen-bond donors (Lipinski definition) is 1.